The van der Waals surface area contributed by atoms with Gasteiger partial charge in [-0.2, -0.15) is 0 Å². The molecule has 0 saturated heterocycles. The Kier molecular flexibility index (Phi) is 3.81. The van der Waals surface area contributed by atoms with Crippen LogP contribution in [0.3, 0.4) is 0 Å². The summed E-state index contributed by atoms with van der Waals surface area (Å²) in [6.07, 6.45) is 3.20. The lowest BCUT2D eigenvalue weighted by atomic mass is 10.1. The number of aryl methyl sites for hydroxylation is 3. The molecule has 0 saturated carbocycles. The van der Waals surface area contributed by atoms with E-state index in [2.05, 4.69) is 20.3 Å². The third-order valence-corrected chi connectivity index (χ3v) is 3.65. The van der Waals surface area contributed by atoms with Crippen molar-refractivity contribution in [1.82, 2.24) is 19.5 Å². The number of furan rings is 1. The van der Waals surface area contributed by atoms with Crippen LogP contribution in [0.2, 0.25) is 0 Å². The SMILES string of the molecule is Cc1cc(C(O)CCNc2ncnc3c2ncn3C)c(C)o1. The number of aliphatic hydroxyl groups excluding tert-OH is 1. The lowest BCUT2D eigenvalue weighted by Gasteiger charge is -2.11. The Morgan fingerprint density at radius 3 is 2.86 bits per heavy atom. The molecule has 3 aromatic heterocycles. The van der Waals surface area contributed by atoms with Crippen molar-refractivity contribution < 1.29 is 9.52 Å². The van der Waals surface area contributed by atoms with Crippen LogP contribution in [0.5, 0.6) is 0 Å². The molecule has 0 aliphatic rings. The largest absolute Gasteiger partial charge is 0.466 e. The molecule has 0 bridgehead atoms. The Morgan fingerprint density at radius 2 is 2.14 bits per heavy atom. The second kappa shape index (κ2) is 5.76. The first kappa shape index (κ1) is 14.5. The minimum Gasteiger partial charge on any atom is -0.466 e. The van der Waals surface area contributed by atoms with E-state index in [9.17, 15) is 5.11 Å². The molecule has 0 amide bonds. The molecule has 22 heavy (non-hydrogen) atoms. The van der Waals surface area contributed by atoms with Crippen molar-refractivity contribution in [3.63, 3.8) is 0 Å². The molecule has 116 valence electrons. The third kappa shape index (κ3) is 2.67. The molecule has 0 spiro atoms. The topological polar surface area (TPSA) is 89.0 Å². The van der Waals surface area contributed by atoms with E-state index in [0.717, 1.165) is 28.2 Å². The van der Waals surface area contributed by atoms with Gasteiger partial charge in [-0.05, 0) is 26.3 Å². The van der Waals surface area contributed by atoms with Crippen LogP contribution >= 0.6 is 0 Å². The van der Waals surface area contributed by atoms with Crippen molar-refractivity contribution in [2.75, 3.05) is 11.9 Å². The Morgan fingerprint density at radius 1 is 1.32 bits per heavy atom. The zero-order valence-electron chi connectivity index (χ0n) is 12.9. The Balaban J connectivity index is 1.66. The van der Waals surface area contributed by atoms with Gasteiger partial charge in [-0.1, -0.05) is 0 Å². The van der Waals surface area contributed by atoms with Crippen LogP contribution in [0.15, 0.2) is 23.1 Å². The lowest BCUT2D eigenvalue weighted by Crippen LogP contribution is -2.09. The molecule has 3 rings (SSSR count). The maximum absolute atomic E-state index is 10.3. The fourth-order valence-corrected chi connectivity index (χ4v) is 2.54. The predicted molar refractivity (Wildman–Crippen MR) is 82.6 cm³/mol. The summed E-state index contributed by atoms with van der Waals surface area (Å²) in [5.41, 5.74) is 2.35. The summed E-state index contributed by atoms with van der Waals surface area (Å²) in [6.45, 7) is 4.31. The van der Waals surface area contributed by atoms with Gasteiger partial charge in [0.05, 0.1) is 12.4 Å². The number of rotatable bonds is 5. The standard InChI is InChI=1S/C15H19N5O2/c1-9-6-11(10(2)22-9)12(21)4-5-16-14-13-15(18-7-17-14)20(3)8-19-13/h6-8,12,21H,4-5H2,1-3H3,(H,16,17,18). The summed E-state index contributed by atoms with van der Waals surface area (Å²) >= 11 is 0. The maximum Gasteiger partial charge on any atom is 0.165 e. The number of hydrogen-bond acceptors (Lipinski definition) is 6. The number of nitrogens with zero attached hydrogens (tertiary/aromatic N) is 4. The quantitative estimate of drug-likeness (QED) is 0.750. The Hall–Kier alpha value is -2.41. The summed E-state index contributed by atoms with van der Waals surface area (Å²) in [6, 6.07) is 1.88. The number of imidazole rings is 1. The molecule has 1 atom stereocenters. The van der Waals surface area contributed by atoms with Crippen LogP contribution in [0.4, 0.5) is 5.82 Å². The van der Waals surface area contributed by atoms with Gasteiger partial charge in [-0.3, -0.25) is 0 Å². The third-order valence-electron chi connectivity index (χ3n) is 3.65. The van der Waals surface area contributed by atoms with E-state index in [4.69, 9.17) is 4.42 Å². The molecule has 7 nitrogen and oxygen atoms in total. The molecule has 0 aliphatic heterocycles. The first-order chi connectivity index (χ1) is 10.6. The number of aliphatic hydroxyl groups is 1. The van der Waals surface area contributed by atoms with Gasteiger partial charge in [0.15, 0.2) is 11.5 Å². The molecule has 0 aliphatic carbocycles. The molecule has 0 aromatic carbocycles. The van der Waals surface area contributed by atoms with Gasteiger partial charge < -0.3 is 19.4 Å². The summed E-state index contributed by atoms with van der Waals surface area (Å²) in [7, 11) is 1.89. The smallest absolute Gasteiger partial charge is 0.165 e. The van der Waals surface area contributed by atoms with E-state index >= 15 is 0 Å². The van der Waals surface area contributed by atoms with Crippen LogP contribution in [-0.2, 0) is 7.05 Å². The van der Waals surface area contributed by atoms with Gasteiger partial charge in [-0.25, -0.2) is 15.0 Å². The number of anilines is 1. The summed E-state index contributed by atoms with van der Waals surface area (Å²) in [5.74, 6) is 2.25. The highest BCUT2D eigenvalue weighted by Crippen LogP contribution is 2.24. The fourth-order valence-electron chi connectivity index (χ4n) is 2.54. The van der Waals surface area contributed by atoms with Gasteiger partial charge in [0, 0.05) is 19.2 Å². The average molecular weight is 301 g/mol. The van der Waals surface area contributed by atoms with Gasteiger partial charge in [0.2, 0.25) is 0 Å². The van der Waals surface area contributed by atoms with Crippen molar-refractivity contribution in [3.05, 3.63) is 35.8 Å². The minimum atomic E-state index is -0.564. The summed E-state index contributed by atoms with van der Waals surface area (Å²) in [4.78, 5) is 12.7. The Bertz CT molecular complexity index is 792. The molecule has 0 fully saturated rings. The van der Waals surface area contributed by atoms with Crippen LogP contribution in [0.25, 0.3) is 11.2 Å². The molecule has 0 radical (unpaired) electrons. The monoisotopic (exact) mass is 301 g/mol. The molecular weight excluding hydrogens is 282 g/mol. The average Bonchev–Trinajstić information content (AvgIpc) is 3.02. The first-order valence-electron chi connectivity index (χ1n) is 7.17. The van der Waals surface area contributed by atoms with Crippen LogP contribution in [0.1, 0.15) is 29.6 Å². The van der Waals surface area contributed by atoms with E-state index in [1.807, 2.05) is 31.5 Å². The van der Waals surface area contributed by atoms with E-state index < -0.39 is 6.10 Å². The normalized spacial score (nSPS) is 12.7. The summed E-state index contributed by atoms with van der Waals surface area (Å²) in [5, 5.41) is 13.5. The van der Waals surface area contributed by atoms with E-state index in [1.54, 1.807) is 6.33 Å². The van der Waals surface area contributed by atoms with Crippen molar-refractivity contribution in [3.8, 4) is 0 Å². The molecule has 3 heterocycles. The number of nitrogens with one attached hydrogen (secondary N) is 1. The number of hydrogen-bond donors (Lipinski definition) is 2. The lowest BCUT2D eigenvalue weighted by molar-refractivity contribution is 0.169. The van der Waals surface area contributed by atoms with Crippen molar-refractivity contribution in [1.29, 1.82) is 0 Å². The molecule has 7 heteroatoms. The fraction of sp³-hybridized carbons (Fsp3) is 0.400. The van der Waals surface area contributed by atoms with Crippen molar-refractivity contribution >= 4 is 17.0 Å². The van der Waals surface area contributed by atoms with Crippen LogP contribution in [0, 0.1) is 13.8 Å². The summed E-state index contributed by atoms with van der Waals surface area (Å²) < 4.78 is 7.29. The van der Waals surface area contributed by atoms with Gasteiger partial charge in [-0.15, -0.1) is 0 Å². The highest BCUT2D eigenvalue weighted by Gasteiger charge is 2.15. The molecule has 3 aromatic rings. The predicted octanol–water partition coefficient (Wildman–Crippen LogP) is 2.11. The minimum absolute atomic E-state index is 0.554. The number of fused-ring (bicyclic) bond motifs is 1. The van der Waals surface area contributed by atoms with Gasteiger partial charge in [0.25, 0.3) is 0 Å². The second-order valence-electron chi connectivity index (χ2n) is 5.35. The Labute approximate surface area is 128 Å². The number of aromatic nitrogens is 4. The molecule has 1 unspecified atom stereocenters. The second-order valence-corrected chi connectivity index (χ2v) is 5.35. The van der Waals surface area contributed by atoms with Crippen molar-refractivity contribution in [2.24, 2.45) is 7.05 Å². The highest BCUT2D eigenvalue weighted by atomic mass is 16.3. The van der Waals surface area contributed by atoms with Crippen LogP contribution in [-0.4, -0.2) is 31.2 Å². The van der Waals surface area contributed by atoms with E-state index in [-0.39, 0.29) is 0 Å². The van der Waals surface area contributed by atoms with Gasteiger partial charge in [0.1, 0.15) is 23.4 Å². The van der Waals surface area contributed by atoms with Gasteiger partial charge >= 0.3 is 0 Å². The van der Waals surface area contributed by atoms with Crippen molar-refractivity contribution in [2.45, 2.75) is 26.4 Å². The highest BCUT2D eigenvalue weighted by molar-refractivity contribution is 5.82. The zero-order valence-corrected chi connectivity index (χ0v) is 12.9. The zero-order chi connectivity index (χ0) is 15.7. The van der Waals surface area contributed by atoms with E-state index in [0.29, 0.717) is 18.8 Å². The maximum atomic E-state index is 10.3. The van der Waals surface area contributed by atoms with E-state index in [1.165, 1.54) is 6.33 Å². The van der Waals surface area contributed by atoms with Crippen LogP contribution < -0.4 is 5.32 Å². The first-order valence-corrected chi connectivity index (χ1v) is 7.17. The molecule has 2 N–H and O–H groups in total. The molecular formula is C15H19N5O2.